The highest BCUT2D eigenvalue weighted by Crippen LogP contribution is 2.45. The Morgan fingerprint density at radius 3 is 2.35 bits per heavy atom. The van der Waals surface area contributed by atoms with Crippen molar-refractivity contribution in [1.82, 2.24) is 0 Å². The van der Waals surface area contributed by atoms with E-state index >= 15 is 0 Å². The second kappa shape index (κ2) is 4.53. The number of carboxylic acid groups (broad SMARTS) is 1. The summed E-state index contributed by atoms with van der Waals surface area (Å²) in [6.45, 7) is 2.07. The average Bonchev–Trinajstić information content (AvgIpc) is 2.71. The Hall–Kier alpha value is -2.55. The van der Waals surface area contributed by atoms with Gasteiger partial charge in [-0.1, -0.05) is 31.2 Å². The number of aliphatic carboxylic acids is 1. The maximum atomic E-state index is 11.1. The number of hydrogen-bond donors (Lipinski definition) is 2. The van der Waals surface area contributed by atoms with Crippen molar-refractivity contribution in [1.29, 1.82) is 0 Å². The van der Waals surface area contributed by atoms with Crippen molar-refractivity contribution in [2.45, 2.75) is 13.3 Å². The summed E-state index contributed by atoms with van der Waals surface area (Å²) in [4.78, 5) is 11.1. The summed E-state index contributed by atoms with van der Waals surface area (Å²) in [6.07, 6.45) is 2.11. The molecule has 0 amide bonds. The number of aromatic hydroxyl groups is 1. The minimum Gasteiger partial charge on any atom is -0.508 e. The molecule has 0 atom stereocenters. The molecule has 100 valence electrons. The third kappa shape index (κ3) is 1.88. The van der Waals surface area contributed by atoms with E-state index in [2.05, 4.69) is 13.0 Å². The minimum atomic E-state index is -0.982. The van der Waals surface area contributed by atoms with Crippen molar-refractivity contribution in [2.75, 3.05) is 0 Å². The molecule has 1 aliphatic carbocycles. The second-order valence-corrected chi connectivity index (χ2v) is 4.86. The van der Waals surface area contributed by atoms with Crippen LogP contribution in [0.25, 0.3) is 16.7 Å². The predicted octanol–water partition coefficient (Wildman–Crippen LogP) is 3.45. The van der Waals surface area contributed by atoms with E-state index in [0.717, 1.165) is 34.2 Å². The zero-order valence-corrected chi connectivity index (χ0v) is 11.1. The van der Waals surface area contributed by atoms with Crippen LogP contribution in [0.2, 0.25) is 0 Å². The van der Waals surface area contributed by atoms with Gasteiger partial charge in [0.1, 0.15) is 5.75 Å². The Morgan fingerprint density at radius 1 is 1.05 bits per heavy atom. The van der Waals surface area contributed by atoms with E-state index in [1.807, 2.05) is 18.2 Å². The Bertz CT molecular complexity index is 742. The smallest absolute Gasteiger partial charge is 0.328 e. The first-order valence-electron chi connectivity index (χ1n) is 6.52. The second-order valence-electron chi connectivity index (χ2n) is 4.86. The van der Waals surface area contributed by atoms with Gasteiger partial charge in [-0.25, -0.2) is 4.79 Å². The molecule has 1 aliphatic rings. The number of aryl methyl sites for hydroxylation is 1. The summed E-state index contributed by atoms with van der Waals surface area (Å²) in [6, 6.07) is 11.2. The number of carboxylic acids is 1. The SMILES string of the molecule is CCc1ccc2c(c1)/C(=C\C(=O)O)c1cc(O)ccc1-2. The third-order valence-corrected chi connectivity index (χ3v) is 3.63. The lowest BCUT2D eigenvalue weighted by Gasteiger charge is -2.04. The zero-order chi connectivity index (χ0) is 14.3. The summed E-state index contributed by atoms with van der Waals surface area (Å²) >= 11 is 0. The molecule has 3 heteroatoms. The number of rotatable bonds is 2. The molecule has 0 aromatic heterocycles. The van der Waals surface area contributed by atoms with Crippen LogP contribution in [-0.4, -0.2) is 16.2 Å². The van der Waals surface area contributed by atoms with Crippen LogP contribution in [0.15, 0.2) is 42.5 Å². The Morgan fingerprint density at radius 2 is 1.70 bits per heavy atom. The van der Waals surface area contributed by atoms with Gasteiger partial charge < -0.3 is 10.2 Å². The first-order chi connectivity index (χ1) is 9.60. The van der Waals surface area contributed by atoms with Crippen molar-refractivity contribution >= 4 is 11.5 Å². The maximum absolute atomic E-state index is 11.1. The van der Waals surface area contributed by atoms with Crippen LogP contribution in [0.4, 0.5) is 0 Å². The highest BCUT2D eigenvalue weighted by Gasteiger charge is 2.24. The molecular weight excluding hydrogens is 252 g/mol. The van der Waals surface area contributed by atoms with Crippen molar-refractivity contribution in [3.63, 3.8) is 0 Å². The van der Waals surface area contributed by atoms with Gasteiger partial charge in [0.25, 0.3) is 0 Å². The van der Waals surface area contributed by atoms with Gasteiger partial charge in [-0.2, -0.15) is 0 Å². The molecule has 0 heterocycles. The molecular formula is C17H14O3. The van der Waals surface area contributed by atoms with Gasteiger partial charge in [0.05, 0.1) is 0 Å². The number of phenolic OH excluding ortho intramolecular Hbond substituents is 1. The molecule has 3 nitrogen and oxygen atoms in total. The Balaban J connectivity index is 2.31. The topological polar surface area (TPSA) is 57.5 Å². The van der Waals surface area contributed by atoms with Gasteiger partial charge in [0.15, 0.2) is 0 Å². The highest BCUT2D eigenvalue weighted by molar-refractivity contribution is 6.06. The fraction of sp³-hybridized carbons (Fsp3) is 0.118. The standard InChI is InChI=1S/C17H14O3/c1-2-10-3-5-12-13-6-4-11(18)8-15(13)16(9-17(19)20)14(12)7-10/h3-9,18H,2H2,1H3,(H,19,20)/b16-9+. The van der Waals surface area contributed by atoms with Crippen molar-refractivity contribution < 1.29 is 15.0 Å². The van der Waals surface area contributed by atoms with Crippen LogP contribution in [0.3, 0.4) is 0 Å². The molecule has 0 radical (unpaired) electrons. The lowest BCUT2D eigenvalue weighted by molar-refractivity contribution is -0.131. The van der Waals surface area contributed by atoms with E-state index in [9.17, 15) is 9.90 Å². The van der Waals surface area contributed by atoms with Crippen LogP contribution in [0, 0.1) is 0 Å². The van der Waals surface area contributed by atoms with E-state index in [-0.39, 0.29) is 5.75 Å². The van der Waals surface area contributed by atoms with Gasteiger partial charge in [-0.05, 0) is 51.9 Å². The summed E-state index contributed by atoms with van der Waals surface area (Å²) in [5.41, 5.74) is 5.51. The van der Waals surface area contributed by atoms with E-state index in [4.69, 9.17) is 5.11 Å². The quantitative estimate of drug-likeness (QED) is 0.698. The van der Waals surface area contributed by atoms with E-state index in [1.54, 1.807) is 12.1 Å². The van der Waals surface area contributed by atoms with E-state index in [1.165, 1.54) is 6.08 Å². The molecule has 0 saturated carbocycles. The summed E-state index contributed by atoms with van der Waals surface area (Å²) < 4.78 is 0. The molecule has 0 saturated heterocycles. The molecule has 20 heavy (non-hydrogen) atoms. The number of hydrogen-bond acceptors (Lipinski definition) is 2. The molecule has 0 spiro atoms. The molecule has 2 N–H and O–H groups in total. The van der Waals surface area contributed by atoms with E-state index in [0.29, 0.717) is 5.57 Å². The molecule has 2 aromatic carbocycles. The fourth-order valence-electron chi connectivity index (χ4n) is 2.68. The van der Waals surface area contributed by atoms with Crippen molar-refractivity contribution in [3.8, 4) is 16.9 Å². The summed E-state index contributed by atoms with van der Waals surface area (Å²) in [5, 5.41) is 18.7. The summed E-state index contributed by atoms with van der Waals surface area (Å²) in [7, 11) is 0. The number of benzene rings is 2. The molecule has 2 aromatic rings. The monoisotopic (exact) mass is 266 g/mol. The third-order valence-electron chi connectivity index (χ3n) is 3.63. The largest absolute Gasteiger partial charge is 0.508 e. The summed E-state index contributed by atoms with van der Waals surface area (Å²) in [5.74, 6) is -0.840. The van der Waals surface area contributed by atoms with Crippen LogP contribution in [-0.2, 0) is 11.2 Å². The normalized spacial score (nSPS) is 14.2. The molecule has 0 aliphatic heterocycles. The van der Waals surface area contributed by atoms with Gasteiger partial charge in [0.2, 0.25) is 0 Å². The van der Waals surface area contributed by atoms with Gasteiger partial charge in [-0.15, -0.1) is 0 Å². The van der Waals surface area contributed by atoms with E-state index < -0.39 is 5.97 Å². The van der Waals surface area contributed by atoms with Gasteiger partial charge in [0, 0.05) is 6.08 Å². The zero-order valence-electron chi connectivity index (χ0n) is 11.1. The first kappa shape index (κ1) is 12.5. The average molecular weight is 266 g/mol. The number of fused-ring (bicyclic) bond motifs is 3. The molecule has 3 rings (SSSR count). The highest BCUT2D eigenvalue weighted by atomic mass is 16.4. The number of phenols is 1. The number of carbonyl (C=O) groups is 1. The van der Waals surface area contributed by atoms with Crippen molar-refractivity contribution in [3.05, 3.63) is 59.2 Å². The Kier molecular flexibility index (Phi) is 2.83. The minimum absolute atomic E-state index is 0.142. The Labute approximate surface area is 116 Å². The van der Waals surface area contributed by atoms with Crippen LogP contribution in [0.5, 0.6) is 5.75 Å². The molecule has 0 fully saturated rings. The van der Waals surface area contributed by atoms with Crippen molar-refractivity contribution in [2.24, 2.45) is 0 Å². The van der Waals surface area contributed by atoms with Crippen LogP contribution >= 0.6 is 0 Å². The van der Waals surface area contributed by atoms with Gasteiger partial charge in [-0.3, -0.25) is 0 Å². The molecule has 0 unspecified atom stereocenters. The predicted molar refractivity (Wildman–Crippen MR) is 77.6 cm³/mol. The first-order valence-corrected chi connectivity index (χ1v) is 6.52. The molecule has 0 bridgehead atoms. The fourth-order valence-corrected chi connectivity index (χ4v) is 2.68. The van der Waals surface area contributed by atoms with Crippen LogP contribution < -0.4 is 0 Å². The van der Waals surface area contributed by atoms with Gasteiger partial charge >= 0.3 is 5.97 Å². The lowest BCUT2D eigenvalue weighted by Crippen LogP contribution is -1.92. The van der Waals surface area contributed by atoms with Crippen LogP contribution in [0.1, 0.15) is 23.6 Å². The maximum Gasteiger partial charge on any atom is 0.328 e. The lowest BCUT2D eigenvalue weighted by atomic mass is 10.0.